The standard InChI is InChI=1S/C17H22N4O4/c1-9(2)15-18-19-16(24-15)14-7-11-8-21(5-4-13(11)23-14)17(22)12-6-10(3)25-20-12/h6,9,11,13-14H,4-5,7-8H2,1-3H3/t11-,13-,14+/m0/s1. The normalized spacial score (nSPS) is 26.2. The van der Waals surface area contributed by atoms with Gasteiger partial charge in [0.05, 0.1) is 6.10 Å². The van der Waals surface area contributed by atoms with Crippen molar-refractivity contribution in [3.05, 3.63) is 29.3 Å². The second-order valence-electron chi connectivity index (χ2n) is 7.15. The monoisotopic (exact) mass is 346 g/mol. The van der Waals surface area contributed by atoms with Gasteiger partial charge in [0.15, 0.2) is 5.69 Å². The molecule has 2 fully saturated rings. The van der Waals surface area contributed by atoms with Crippen LogP contribution in [-0.4, -0.2) is 45.4 Å². The Labute approximate surface area is 145 Å². The average molecular weight is 346 g/mol. The number of amides is 1. The number of fused-ring (bicyclic) bond motifs is 1. The van der Waals surface area contributed by atoms with Crippen molar-refractivity contribution >= 4 is 5.91 Å². The van der Waals surface area contributed by atoms with Crippen LogP contribution in [0, 0.1) is 12.8 Å². The summed E-state index contributed by atoms with van der Waals surface area (Å²) in [5.41, 5.74) is 0.366. The van der Waals surface area contributed by atoms with Crippen LogP contribution in [-0.2, 0) is 4.74 Å². The van der Waals surface area contributed by atoms with Gasteiger partial charge in [-0.15, -0.1) is 10.2 Å². The van der Waals surface area contributed by atoms with Gasteiger partial charge in [-0.25, -0.2) is 0 Å². The molecule has 8 heteroatoms. The minimum absolute atomic E-state index is 0.0846. The molecule has 134 valence electrons. The van der Waals surface area contributed by atoms with Crippen LogP contribution in [0.2, 0.25) is 0 Å². The molecule has 0 N–H and O–H groups in total. The highest BCUT2D eigenvalue weighted by Crippen LogP contribution is 2.40. The van der Waals surface area contributed by atoms with Crippen molar-refractivity contribution in [2.75, 3.05) is 13.1 Å². The van der Waals surface area contributed by atoms with Gasteiger partial charge >= 0.3 is 0 Å². The largest absolute Gasteiger partial charge is 0.422 e. The molecule has 0 unspecified atom stereocenters. The molecule has 25 heavy (non-hydrogen) atoms. The van der Waals surface area contributed by atoms with Gasteiger partial charge in [-0.1, -0.05) is 19.0 Å². The number of likely N-dealkylation sites (tertiary alicyclic amines) is 1. The van der Waals surface area contributed by atoms with E-state index in [1.54, 1.807) is 13.0 Å². The predicted octanol–water partition coefficient (Wildman–Crippen LogP) is 2.48. The van der Waals surface area contributed by atoms with Crippen molar-refractivity contribution in [1.29, 1.82) is 0 Å². The summed E-state index contributed by atoms with van der Waals surface area (Å²) in [5.74, 6) is 2.20. The topological polar surface area (TPSA) is 94.5 Å². The predicted molar refractivity (Wildman–Crippen MR) is 85.9 cm³/mol. The summed E-state index contributed by atoms with van der Waals surface area (Å²) in [6, 6.07) is 1.67. The van der Waals surface area contributed by atoms with Crippen LogP contribution in [0.25, 0.3) is 0 Å². The smallest absolute Gasteiger partial charge is 0.276 e. The Morgan fingerprint density at radius 1 is 1.36 bits per heavy atom. The molecule has 2 aliphatic rings. The number of rotatable bonds is 3. The van der Waals surface area contributed by atoms with Crippen LogP contribution < -0.4 is 0 Å². The molecular formula is C17H22N4O4. The Hall–Kier alpha value is -2.22. The summed E-state index contributed by atoms with van der Waals surface area (Å²) in [6.45, 7) is 7.11. The minimum atomic E-state index is -0.181. The van der Waals surface area contributed by atoms with Crippen molar-refractivity contribution in [1.82, 2.24) is 20.3 Å². The van der Waals surface area contributed by atoms with Crippen molar-refractivity contribution in [3.8, 4) is 0 Å². The molecular weight excluding hydrogens is 324 g/mol. The number of hydrogen-bond acceptors (Lipinski definition) is 7. The molecule has 3 atom stereocenters. The maximum Gasteiger partial charge on any atom is 0.276 e. The van der Waals surface area contributed by atoms with Crippen LogP contribution in [0.3, 0.4) is 0 Å². The van der Waals surface area contributed by atoms with Crippen molar-refractivity contribution < 1.29 is 18.5 Å². The first-order chi connectivity index (χ1) is 12.0. The van der Waals surface area contributed by atoms with E-state index in [0.29, 0.717) is 36.3 Å². The van der Waals surface area contributed by atoms with Gasteiger partial charge in [-0.3, -0.25) is 4.79 Å². The lowest BCUT2D eigenvalue weighted by Crippen LogP contribution is -2.44. The Morgan fingerprint density at radius 3 is 2.88 bits per heavy atom. The molecule has 0 bridgehead atoms. The fraction of sp³-hybridized carbons (Fsp3) is 0.647. The zero-order valence-corrected chi connectivity index (χ0v) is 14.6. The second-order valence-corrected chi connectivity index (χ2v) is 7.15. The first-order valence-electron chi connectivity index (χ1n) is 8.72. The summed E-state index contributed by atoms with van der Waals surface area (Å²) >= 11 is 0. The molecule has 2 aliphatic heterocycles. The van der Waals surface area contributed by atoms with E-state index in [9.17, 15) is 4.79 Å². The van der Waals surface area contributed by atoms with Crippen molar-refractivity contribution in [2.24, 2.45) is 5.92 Å². The first kappa shape index (κ1) is 16.3. The number of aryl methyl sites for hydroxylation is 1. The van der Waals surface area contributed by atoms with Gasteiger partial charge in [0.2, 0.25) is 11.8 Å². The Morgan fingerprint density at radius 2 is 2.20 bits per heavy atom. The van der Waals surface area contributed by atoms with E-state index in [1.165, 1.54) is 0 Å². The molecule has 1 amide bonds. The van der Waals surface area contributed by atoms with Crippen LogP contribution in [0.15, 0.2) is 15.0 Å². The zero-order chi connectivity index (χ0) is 17.6. The van der Waals surface area contributed by atoms with E-state index in [0.717, 1.165) is 12.8 Å². The summed E-state index contributed by atoms with van der Waals surface area (Å²) in [5, 5.41) is 12.0. The quantitative estimate of drug-likeness (QED) is 0.842. The van der Waals surface area contributed by atoms with Gasteiger partial charge in [0, 0.05) is 31.0 Å². The maximum absolute atomic E-state index is 12.6. The Balaban J connectivity index is 1.42. The summed E-state index contributed by atoms with van der Waals surface area (Å²) < 4.78 is 16.9. The minimum Gasteiger partial charge on any atom is -0.422 e. The summed E-state index contributed by atoms with van der Waals surface area (Å²) in [7, 11) is 0. The molecule has 0 saturated carbocycles. The molecule has 2 saturated heterocycles. The molecule has 8 nitrogen and oxygen atoms in total. The van der Waals surface area contributed by atoms with E-state index in [4.69, 9.17) is 13.7 Å². The molecule has 0 aromatic carbocycles. The fourth-order valence-electron chi connectivity index (χ4n) is 3.54. The van der Waals surface area contributed by atoms with Crippen molar-refractivity contribution in [3.63, 3.8) is 0 Å². The Kier molecular flexibility index (Phi) is 4.07. The third kappa shape index (κ3) is 3.06. The number of carbonyl (C=O) groups is 1. The van der Waals surface area contributed by atoms with Gasteiger partial charge in [0.1, 0.15) is 11.9 Å². The molecule has 2 aromatic rings. The third-order valence-corrected chi connectivity index (χ3v) is 4.88. The number of ether oxygens (including phenoxy) is 1. The number of nitrogens with zero attached hydrogens (tertiary/aromatic N) is 4. The third-order valence-electron chi connectivity index (χ3n) is 4.88. The van der Waals surface area contributed by atoms with E-state index < -0.39 is 0 Å². The van der Waals surface area contributed by atoms with Crippen LogP contribution >= 0.6 is 0 Å². The van der Waals surface area contributed by atoms with Crippen LogP contribution in [0.1, 0.15) is 66.7 Å². The number of carbonyl (C=O) groups excluding carboxylic acids is 1. The average Bonchev–Trinajstić information content (AvgIpc) is 3.31. The SMILES string of the molecule is Cc1cc(C(=O)N2CC[C@@H]3O[C@@H](c4nnc(C(C)C)o4)C[C@H]3C2)no1. The number of piperidine rings is 1. The summed E-state index contributed by atoms with van der Waals surface area (Å²) in [6.07, 6.45) is 1.53. The highest BCUT2D eigenvalue weighted by Gasteiger charge is 2.43. The lowest BCUT2D eigenvalue weighted by molar-refractivity contribution is -0.00662. The van der Waals surface area contributed by atoms with E-state index in [1.807, 2.05) is 18.7 Å². The number of hydrogen-bond donors (Lipinski definition) is 0. The summed E-state index contributed by atoms with van der Waals surface area (Å²) in [4.78, 5) is 14.4. The zero-order valence-electron chi connectivity index (χ0n) is 14.6. The molecule has 4 heterocycles. The van der Waals surface area contributed by atoms with Gasteiger partial charge < -0.3 is 18.6 Å². The number of aromatic nitrogens is 3. The first-order valence-corrected chi connectivity index (χ1v) is 8.72. The van der Waals surface area contributed by atoms with E-state index >= 15 is 0 Å². The van der Waals surface area contributed by atoms with Crippen LogP contribution in [0.5, 0.6) is 0 Å². The molecule has 0 spiro atoms. The van der Waals surface area contributed by atoms with Crippen molar-refractivity contribution in [2.45, 2.75) is 51.7 Å². The van der Waals surface area contributed by atoms with Gasteiger partial charge in [-0.05, 0) is 19.8 Å². The fourth-order valence-corrected chi connectivity index (χ4v) is 3.54. The lowest BCUT2D eigenvalue weighted by atomic mass is 9.92. The van der Waals surface area contributed by atoms with E-state index in [2.05, 4.69) is 15.4 Å². The molecule has 4 rings (SSSR count). The molecule has 0 radical (unpaired) electrons. The van der Waals surface area contributed by atoms with Gasteiger partial charge in [0.25, 0.3) is 5.91 Å². The molecule has 2 aromatic heterocycles. The van der Waals surface area contributed by atoms with E-state index in [-0.39, 0.29) is 30.0 Å². The Bertz CT molecular complexity index is 768. The highest BCUT2D eigenvalue weighted by atomic mass is 16.5. The maximum atomic E-state index is 12.6. The highest BCUT2D eigenvalue weighted by molar-refractivity contribution is 5.92. The second kappa shape index (κ2) is 6.25. The van der Waals surface area contributed by atoms with Gasteiger partial charge in [-0.2, -0.15) is 0 Å². The van der Waals surface area contributed by atoms with Crippen LogP contribution in [0.4, 0.5) is 0 Å². The molecule has 0 aliphatic carbocycles. The lowest BCUT2D eigenvalue weighted by Gasteiger charge is -2.33.